The largest absolute Gasteiger partial charge is 0.490 e. The molecule has 5 atom stereocenters. The fourth-order valence-electron chi connectivity index (χ4n) is 8.56. The molecule has 3 aliphatic heterocycles. The van der Waals surface area contributed by atoms with Crippen LogP contribution in [0.2, 0.25) is 0 Å². The van der Waals surface area contributed by atoms with Crippen molar-refractivity contribution in [3.05, 3.63) is 81.8 Å². The third kappa shape index (κ3) is 5.98. The normalized spacial score (nSPS) is 25.9. The number of nitrogens with two attached hydrogens (primary N) is 1. The summed E-state index contributed by atoms with van der Waals surface area (Å²) in [6.07, 6.45) is 6.35. The van der Waals surface area contributed by atoms with E-state index in [9.17, 15) is 24.3 Å². The molecule has 0 saturated carbocycles. The number of barbiturate groups is 1. The van der Waals surface area contributed by atoms with Crippen LogP contribution in [0.5, 0.6) is 11.5 Å². The van der Waals surface area contributed by atoms with Gasteiger partial charge in [0.15, 0.2) is 11.5 Å². The third-order valence-corrected chi connectivity index (χ3v) is 11.6. The Balaban J connectivity index is 0.000000158. The van der Waals surface area contributed by atoms with Gasteiger partial charge in [-0.05, 0) is 76.9 Å². The molecular weight excluding hydrogens is 688 g/mol. The molecular formula is C38H49ClN6O7. The van der Waals surface area contributed by atoms with Crippen LogP contribution in [0.1, 0.15) is 56.9 Å². The van der Waals surface area contributed by atoms with Gasteiger partial charge in [-0.1, -0.05) is 50.3 Å². The van der Waals surface area contributed by atoms with Gasteiger partial charge in [-0.3, -0.25) is 29.7 Å². The first kappa shape index (κ1) is 38.6. The first-order valence-corrected chi connectivity index (χ1v) is 17.6. The Morgan fingerprint density at radius 1 is 0.981 bits per heavy atom. The molecule has 4 amide bonds. The van der Waals surface area contributed by atoms with Crippen LogP contribution in [-0.2, 0) is 28.5 Å². The number of hydrogen-bond donors (Lipinski definition) is 4. The highest BCUT2D eigenvalue weighted by atomic mass is 35.5. The van der Waals surface area contributed by atoms with Crippen LogP contribution in [0.25, 0.3) is 5.69 Å². The van der Waals surface area contributed by atoms with Gasteiger partial charge in [-0.2, -0.15) is 0 Å². The number of amides is 4. The van der Waals surface area contributed by atoms with E-state index in [0.29, 0.717) is 37.1 Å². The predicted molar refractivity (Wildman–Crippen MR) is 199 cm³/mol. The molecule has 2 saturated heterocycles. The van der Waals surface area contributed by atoms with Gasteiger partial charge in [-0.15, -0.1) is 12.4 Å². The number of likely N-dealkylation sites (N-methyl/N-ethyl adjacent to an activating group) is 1. The number of anilines is 1. The summed E-state index contributed by atoms with van der Waals surface area (Å²) in [6, 6.07) is 13.5. The minimum absolute atomic E-state index is 0. The Kier molecular flexibility index (Phi) is 11.0. The summed E-state index contributed by atoms with van der Waals surface area (Å²) >= 11 is 0. The number of likely N-dealkylation sites (tertiary alicyclic amines) is 1. The van der Waals surface area contributed by atoms with Crippen molar-refractivity contribution >= 4 is 35.9 Å². The molecule has 2 fully saturated rings. The van der Waals surface area contributed by atoms with Gasteiger partial charge >= 0.3 is 6.03 Å². The maximum Gasteiger partial charge on any atom is 0.328 e. The number of nitrogens with zero attached hydrogens (tertiary/aromatic N) is 3. The monoisotopic (exact) mass is 736 g/mol. The molecule has 0 radical (unpaired) electrons. The maximum atomic E-state index is 11.8. The van der Waals surface area contributed by atoms with Crippen molar-refractivity contribution in [3.8, 4) is 17.2 Å². The fraction of sp³-hybridized carbons (Fsp3) is 0.474. The van der Waals surface area contributed by atoms with E-state index in [4.69, 9.17) is 15.2 Å². The van der Waals surface area contributed by atoms with E-state index in [1.807, 2.05) is 63.4 Å². The number of aromatic nitrogens is 2. The molecule has 13 nitrogen and oxygen atoms in total. The zero-order valence-electron chi connectivity index (χ0n) is 30.5. The third-order valence-electron chi connectivity index (χ3n) is 11.6. The highest BCUT2D eigenvalue weighted by Gasteiger charge is 2.64. The molecule has 4 heterocycles. The Morgan fingerprint density at radius 2 is 1.63 bits per heavy atom. The number of urea groups is 1. The number of carbonyl (C=O) groups is 3. The molecule has 8 rings (SSSR count). The van der Waals surface area contributed by atoms with Crippen LogP contribution in [0, 0.1) is 18.3 Å². The van der Waals surface area contributed by atoms with E-state index in [2.05, 4.69) is 34.7 Å². The maximum absolute atomic E-state index is 11.8. The number of halogens is 1. The lowest BCUT2D eigenvalue weighted by atomic mass is 9.53. The average molecular weight is 737 g/mol. The van der Waals surface area contributed by atoms with E-state index in [1.165, 1.54) is 11.1 Å². The van der Waals surface area contributed by atoms with Crippen molar-refractivity contribution in [1.82, 2.24) is 24.9 Å². The highest BCUT2D eigenvalue weighted by molar-refractivity contribution is 6.19. The Hall–Kier alpha value is -4.59. The van der Waals surface area contributed by atoms with Gasteiger partial charge in [0.2, 0.25) is 11.8 Å². The van der Waals surface area contributed by atoms with Gasteiger partial charge in [0.05, 0.1) is 18.0 Å². The molecule has 5 aliphatic rings. The van der Waals surface area contributed by atoms with Crippen LogP contribution in [0.3, 0.4) is 0 Å². The summed E-state index contributed by atoms with van der Waals surface area (Å²) in [4.78, 5) is 47.9. The van der Waals surface area contributed by atoms with E-state index in [0.717, 1.165) is 42.3 Å². The first-order chi connectivity index (χ1) is 24.4. The molecule has 2 aliphatic carbocycles. The van der Waals surface area contributed by atoms with Crippen LogP contribution in [0.15, 0.2) is 59.4 Å². The SMILES string of the molecule is CCC1(CC)C(=O)NC(=O)NC1=O.CCOc1ccc2c3c1O[C@H]1[C@@H](O)C=C[C@H]4[C@@H](C2)N(C)CC[C@@]341.Cc1c(N)c(=O)n(-c2ccccc2)n1C.Cl. The zero-order valence-corrected chi connectivity index (χ0v) is 31.3. The van der Waals surface area contributed by atoms with Crippen LogP contribution in [-0.4, -0.2) is 75.7 Å². The minimum Gasteiger partial charge on any atom is -0.490 e. The minimum atomic E-state index is -1.06. The Morgan fingerprint density at radius 3 is 2.21 bits per heavy atom. The summed E-state index contributed by atoms with van der Waals surface area (Å²) in [5.74, 6) is 1.15. The molecule has 2 aromatic carbocycles. The second kappa shape index (κ2) is 14.8. The number of aliphatic hydroxyl groups is 1. The number of aliphatic hydroxyl groups excluding tert-OH is 1. The topological polar surface area (TPSA) is 170 Å². The van der Waals surface area contributed by atoms with Gasteiger partial charge in [0.1, 0.15) is 23.3 Å². The number of ether oxygens (including phenoxy) is 2. The van der Waals surface area contributed by atoms with Crippen molar-refractivity contribution in [2.24, 2.45) is 18.4 Å². The van der Waals surface area contributed by atoms with E-state index in [-0.39, 0.29) is 29.5 Å². The van der Waals surface area contributed by atoms with E-state index < -0.39 is 29.4 Å². The van der Waals surface area contributed by atoms with E-state index in [1.54, 1.807) is 23.2 Å². The summed E-state index contributed by atoms with van der Waals surface area (Å²) < 4.78 is 15.5. The summed E-state index contributed by atoms with van der Waals surface area (Å²) in [7, 11) is 4.04. The number of para-hydroxylation sites is 1. The van der Waals surface area contributed by atoms with E-state index >= 15 is 0 Å². The molecule has 1 spiro atoms. The number of nitrogens with one attached hydrogen (secondary N) is 2. The number of carbonyl (C=O) groups excluding carboxylic acids is 3. The van der Waals surface area contributed by atoms with Gasteiger partial charge in [0.25, 0.3) is 5.56 Å². The number of hydrogen-bond acceptors (Lipinski definition) is 9. The molecule has 52 heavy (non-hydrogen) atoms. The summed E-state index contributed by atoms with van der Waals surface area (Å²) in [5, 5.41) is 14.8. The number of piperidine rings is 1. The number of imide groups is 2. The average Bonchev–Trinajstić information content (AvgIpc) is 3.57. The molecule has 14 heteroatoms. The summed E-state index contributed by atoms with van der Waals surface area (Å²) in [5.41, 5.74) is 8.99. The molecule has 3 aromatic rings. The highest BCUT2D eigenvalue weighted by Crippen LogP contribution is 2.62. The summed E-state index contributed by atoms with van der Waals surface area (Å²) in [6.45, 7) is 9.01. The lowest BCUT2D eigenvalue weighted by molar-refractivity contribution is -0.144. The van der Waals surface area contributed by atoms with Gasteiger partial charge < -0.3 is 25.2 Å². The molecule has 1 aromatic heterocycles. The molecule has 5 N–H and O–H groups in total. The quantitative estimate of drug-likeness (QED) is 0.226. The van der Waals surface area contributed by atoms with Crippen LogP contribution < -0.4 is 31.4 Å². The Bertz CT molecular complexity index is 1920. The predicted octanol–water partition coefficient (Wildman–Crippen LogP) is 3.54. The smallest absolute Gasteiger partial charge is 0.328 e. The van der Waals surface area contributed by atoms with Crippen molar-refractivity contribution in [3.63, 3.8) is 0 Å². The molecule has 2 bridgehead atoms. The lowest BCUT2D eigenvalue weighted by Gasteiger charge is -2.56. The standard InChI is InChI=1S/C19H23NO3.C11H13N3O.C8H12N2O3.ClH/c1-3-22-15-7-4-11-10-13-12-5-6-14(21)18-19(12,8-9-20(13)2)16(11)17(15)23-18;1-8-10(12)11(15)14(13(8)2)9-6-4-3-5-7-9;1-3-8(4-2)5(11)9-7(13)10-6(8)12;/h4-7,12-14,18,21H,3,8-10H2,1-2H3;3-7H,12H2,1-2H3;3-4H2,1-2H3,(H2,9,10,11,12,13);1H/t12-,13+,14-,18-,19-;;;/m0.../s1. The number of nitrogen functional groups attached to an aromatic ring is 1. The van der Waals surface area contributed by atoms with Gasteiger partial charge in [0, 0.05) is 30.0 Å². The number of rotatable bonds is 5. The lowest BCUT2D eigenvalue weighted by Crippen LogP contribution is -2.64. The van der Waals surface area contributed by atoms with Crippen LogP contribution in [0.4, 0.5) is 10.5 Å². The second-order valence-corrected chi connectivity index (χ2v) is 13.8. The van der Waals surface area contributed by atoms with Gasteiger partial charge in [-0.25, -0.2) is 9.48 Å². The van der Waals surface area contributed by atoms with Crippen molar-refractivity contribution in [1.29, 1.82) is 0 Å². The molecule has 0 unspecified atom stereocenters. The zero-order chi connectivity index (χ0) is 36.8. The van der Waals surface area contributed by atoms with Crippen LogP contribution >= 0.6 is 12.4 Å². The Labute approximate surface area is 309 Å². The van der Waals surface area contributed by atoms with Crippen molar-refractivity contribution in [2.75, 3.05) is 25.9 Å². The van der Waals surface area contributed by atoms with Crippen molar-refractivity contribution in [2.45, 2.75) is 77.0 Å². The van der Waals surface area contributed by atoms with Crippen molar-refractivity contribution < 1.29 is 29.0 Å². The second-order valence-electron chi connectivity index (χ2n) is 13.8. The first-order valence-electron chi connectivity index (χ1n) is 17.6. The number of benzene rings is 2. The fourth-order valence-corrected chi connectivity index (χ4v) is 8.56. The molecule has 280 valence electrons.